The van der Waals surface area contributed by atoms with Crippen LogP contribution in [0.1, 0.15) is 24.5 Å². The molecule has 2 aromatic rings. The molecule has 21 heavy (non-hydrogen) atoms. The molecule has 0 unspecified atom stereocenters. The maximum atomic E-state index is 11.3. The maximum Gasteiger partial charge on any atom is 0.138 e. The number of aromatic hydroxyl groups is 2. The molecule has 1 aliphatic heterocycles. The number of hydrogen-bond donors (Lipinski definition) is 2. The lowest BCUT2D eigenvalue weighted by atomic mass is 9.92. The number of ketones is 1. The first-order valence-electron chi connectivity index (χ1n) is 6.59. The number of carbonyl (C=O) groups excluding carboxylic acids is 1. The van der Waals surface area contributed by atoms with Crippen LogP contribution >= 0.6 is 0 Å². The van der Waals surface area contributed by atoms with Gasteiger partial charge in [0.1, 0.15) is 28.8 Å². The molecule has 4 heteroatoms. The third-order valence-corrected chi connectivity index (χ3v) is 3.32. The van der Waals surface area contributed by atoms with Gasteiger partial charge in [0, 0.05) is 29.7 Å². The summed E-state index contributed by atoms with van der Waals surface area (Å²) in [5.41, 5.74) is 2.49. The van der Waals surface area contributed by atoms with Gasteiger partial charge in [0.25, 0.3) is 0 Å². The second kappa shape index (κ2) is 4.98. The monoisotopic (exact) mass is 282 g/mol. The summed E-state index contributed by atoms with van der Waals surface area (Å²) in [6.07, 6.45) is 2.16. The Kier molecular flexibility index (Phi) is 3.14. The van der Waals surface area contributed by atoms with Gasteiger partial charge in [-0.05, 0) is 36.8 Å². The van der Waals surface area contributed by atoms with E-state index in [1.165, 1.54) is 19.1 Å². The summed E-state index contributed by atoms with van der Waals surface area (Å²) in [7, 11) is 0. The van der Waals surface area contributed by atoms with Crippen molar-refractivity contribution in [3.8, 4) is 23.0 Å². The normalized spacial score (nSPS) is 12.1. The number of carbonyl (C=O) groups is 1. The van der Waals surface area contributed by atoms with E-state index in [0.717, 1.165) is 16.7 Å². The molecule has 2 N–H and O–H groups in total. The number of phenolic OH excluding ortho intramolecular Hbond substituents is 2. The topological polar surface area (TPSA) is 66.8 Å². The minimum Gasteiger partial charge on any atom is -0.508 e. The average molecular weight is 282 g/mol. The highest BCUT2D eigenvalue weighted by Crippen LogP contribution is 2.45. The molecule has 0 saturated heterocycles. The van der Waals surface area contributed by atoms with Crippen LogP contribution in [-0.2, 0) is 4.79 Å². The van der Waals surface area contributed by atoms with E-state index in [4.69, 9.17) is 4.74 Å². The predicted octanol–water partition coefficient (Wildman–Crippen LogP) is 3.61. The van der Waals surface area contributed by atoms with E-state index in [2.05, 4.69) is 0 Å². The summed E-state index contributed by atoms with van der Waals surface area (Å²) < 4.78 is 5.73. The summed E-state index contributed by atoms with van der Waals surface area (Å²) in [4.78, 5) is 11.3. The number of hydrogen-bond acceptors (Lipinski definition) is 4. The SMILES string of the molecule is CC(=O)CC=C1c2ccc(O)cc2Oc2cc(O)ccc21. The Morgan fingerprint density at radius 1 is 1.05 bits per heavy atom. The zero-order valence-electron chi connectivity index (χ0n) is 11.5. The molecular weight excluding hydrogens is 268 g/mol. The number of fused-ring (bicyclic) bond motifs is 2. The lowest BCUT2D eigenvalue weighted by Crippen LogP contribution is -2.03. The predicted molar refractivity (Wildman–Crippen MR) is 78.7 cm³/mol. The van der Waals surface area contributed by atoms with Crippen molar-refractivity contribution in [1.29, 1.82) is 0 Å². The fraction of sp³-hybridized carbons (Fsp3) is 0.118. The lowest BCUT2D eigenvalue weighted by Gasteiger charge is -2.23. The first-order chi connectivity index (χ1) is 10.0. The molecule has 0 aliphatic carbocycles. The summed E-state index contributed by atoms with van der Waals surface area (Å²) in [5.74, 6) is 1.27. The molecule has 106 valence electrons. The fourth-order valence-corrected chi connectivity index (χ4v) is 2.37. The van der Waals surface area contributed by atoms with Gasteiger partial charge in [-0.15, -0.1) is 0 Å². The quantitative estimate of drug-likeness (QED) is 0.753. The highest BCUT2D eigenvalue weighted by atomic mass is 16.5. The Morgan fingerprint density at radius 3 is 2.05 bits per heavy atom. The van der Waals surface area contributed by atoms with E-state index in [1.807, 2.05) is 6.08 Å². The Hall–Kier alpha value is -2.75. The standard InChI is InChI=1S/C17H14O4/c1-10(18)2-5-13-14-6-3-11(19)8-16(14)21-17-9-12(20)4-7-15(13)17/h3-9,19-20H,2H2,1H3. The molecule has 3 rings (SSSR count). The zero-order valence-corrected chi connectivity index (χ0v) is 11.5. The summed E-state index contributed by atoms with van der Waals surface area (Å²) in [6.45, 7) is 1.53. The lowest BCUT2D eigenvalue weighted by molar-refractivity contribution is -0.116. The molecule has 0 saturated carbocycles. The first-order valence-corrected chi connectivity index (χ1v) is 6.59. The van der Waals surface area contributed by atoms with Crippen molar-refractivity contribution < 1.29 is 19.7 Å². The Labute approximate surface area is 121 Å². The summed E-state index contributed by atoms with van der Waals surface area (Å²) in [6, 6.07) is 9.71. The average Bonchev–Trinajstić information content (AvgIpc) is 2.42. The largest absolute Gasteiger partial charge is 0.508 e. The number of phenols is 2. The van der Waals surface area contributed by atoms with Crippen LogP contribution in [0, 0.1) is 0 Å². The van der Waals surface area contributed by atoms with E-state index in [9.17, 15) is 15.0 Å². The van der Waals surface area contributed by atoms with Crippen LogP contribution in [0.5, 0.6) is 23.0 Å². The molecule has 1 heterocycles. The molecule has 4 nitrogen and oxygen atoms in total. The van der Waals surface area contributed by atoms with Crippen molar-refractivity contribution in [2.24, 2.45) is 0 Å². The van der Waals surface area contributed by atoms with Crippen molar-refractivity contribution in [3.63, 3.8) is 0 Å². The van der Waals surface area contributed by atoms with Gasteiger partial charge in [-0.2, -0.15) is 0 Å². The molecular formula is C17H14O4. The Morgan fingerprint density at radius 2 is 1.57 bits per heavy atom. The van der Waals surface area contributed by atoms with Crippen molar-refractivity contribution in [2.45, 2.75) is 13.3 Å². The van der Waals surface area contributed by atoms with Gasteiger partial charge in [0.2, 0.25) is 0 Å². The number of ether oxygens (including phenoxy) is 1. The minimum absolute atomic E-state index is 0.0645. The third-order valence-electron chi connectivity index (χ3n) is 3.32. The van der Waals surface area contributed by atoms with E-state index >= 15 is 0 Å². The highest BCUT2D eigenvalue weighted by Gasteiger charge is 2.22. The smallest absolute Gasteiger partial charge is 0.138 e. The fourth-order valence-electron chi connectivity index (χ4n) is 2.37. The summed E-state index contributed by atoms with van der Waals surface area (Å²) in [5, 5.41) is 19.2. The molecule has 0 radical (unpaired) electrons. The van der Waals surface area contributed by atoms with Crippen LogP contribution in [0.25, 0.3) is 5.57 Å². The number of benzene rings is 2. The molecule has 1 aliphatic rings. The number of rotatable bonds is 2. The van der Waals surface area contributed by atoms with Gasteiger partial charge in [-0.25, -0.2) is 0 Å². The second-order valence-electron chi connectivity index (χ2n) is 4.99. The van der Waals surface area contributed by atoms with Crippen LogP contribution in [0.15, 0.2) is 42.5 Å². The van der Waals surface area contributed by atoms with Gasteiger partial charge in [-0.1, -0.05) is 6.08 Å². The van der Waals surface area contributed by atoms with Crippen LogP contribution in [0.2, 0.25) is 0 Å². The minimum atomic E-state index is 0.0645. The van der Waals surface area contributed by atoms with E-state index in [-0.39, 0.29) is 17.3 Å². The number of Topliss-reactive ketones (excluding diaryl/α,β-unsaturated/α-hetero) is 1. The van der Waals surface area contributed by atoms with Crippen LogP contribution in [-0.4, -0.2) is 16.0 Å². The van der Waals surface area contributed by atoms with Crippen molar-refractivity contribution in [2.75, 3.05) is 0 Å². The molecule has 2 aromatic carbocycles. The van der Waals surface area contributed by atoms with Gasteiger partial charge in [0.05, 0.1) is 0 Å². The van der Waals surface area contributed by atoms with Crippen molar-refractivity contribution >= 4 is 11.4 Å². The van der Waals surface area contributed by atoms with Crippen LogP contribution in [0.4, 0.5) is 0 Å². The molecule has 0 fully saturated rings. The Balaban J connectivity index is 2.19. The van der Waals surface area contributed by atoms with Crippen LogP contribution < -0.4 is 4.74 Å². The van der Waals surface area contributed by atoms with E-state index < -0.39 is 0 Å². The molecule has 0 amide bonds. The second-order valence-corrected chi connectivity index (χ2v) is 4.99. The maximum absolute atomic E-state index is 11.3. The van der Waals surface area contributed by atoms with Crippen molar-refractivity contribution in [1.82, 2.24) is 0 Å². The molecule has 0 spiro atoms. The van der Waals surface area contributed by atoms with Crippen LogP contribution in [0.3, 0.4) is 0 Å². The third kappa shape index (κ3) is 2.48. The zero-order chi connectivity index (χ0) is 15.0. The van der Waals surface area contributed by atoms with Gasteiger partial charge in [-0.3, -0.25) is 4.79 Å². The molecule has 0 bridgehead atoms. The van der Waals surface area contributed by atoms with Gasteiger partial charge in [0.15, 0.2) is 0 Å². The van der Waals surface area contributed by atoms with Crippen molar-refractivity contribution in [3.05, 3.63) is 53.6 Å². The van der Waals surface area contributed by atoms with E-state index in [1.54, 1.807) is 24.3 Å². The van der Waals surface area contributed by atoms with Gasteiger partial charge >= 0.3 is 0 Å². The highest BCUT2D eigenvalue weighted by molar-refractivity contribution is 5.90. The summed E-state index contributed by atoms with van der Waals surface area (Å²) >= 11 is 0. The molecule has 0 atom stereocenters. The number of allylic oxidation sites excluding steroid dienone is 1. The Bertz CT molecular complexity index is 706. The first kappa shape index (κ1) is 13.2. The van der Waals surface area contributed by atoms with Gasteiger partial charge < -0.3 is 14.9 Å². The molecule has 0 aromatic heterocycles. The van der Waals surface area contributed by atoms with E-state index in [0.29, 0.717) is 17.9 Å².